The van der Waals surface area contributed by atoms with Crippen LogP contribution < -0.4 is 0 Å². The number of rotatable bonds is 4. The molecule has 1 unspecified atom stereocenters. The zero-order valence-electron chi connectivity index (χ0n) is 15.8. The lowest BCUT2D eigenvalue weighted by Crippen LogP contribution is -2.28. The van der Waals surface area contributed by atoms with Crippen LogP contribution in [0.4, 0.5) is 0 Å². The first-order chi connectivity index (χ1) is 12.5. The van der Waals surface area contributed by atoms with Crippen LogP contribution in [0.2, 0.25) is 5.02 Å². The first-order valence-corrected chi connectivity index (χ1v) is 9.84. The van der Waals surface area contributed by atoms with Crippen molar-refractivity contribution in [2.24, 2.45) is 0 Å². The van der Waals surface area contributed by atoms with Crippen molar-refractivity contribution in [3.63, 3.8) is 0 Å². The third-order valence-electron chi connectivity index (χ3n) is 5.73. The molecule has 26 heavy (non-hydrogen) atoms. The van der Waals surface area contributed by atoms with E-state index in [9.17, 15) is 0 Å². The summed E-state index contributed by atoms with van der Waals surface area (Å²) >= 11 is 6.06. The minimum absolute atomic E-state index is 0.641. The Labute approximate surface area is 160 Å². The number of aryl methyl sites for hydroxylation is 2. The number of hydrogen-bond donors (Lipinski definition) is 0. The average Bonchev–Trinajstić information content (AvgIpc) is 3.15. The van der Waals surface area contributed by atoms with Gasteiger partial charge in [-0.3, -0.25) is 4.90 Å². The molecule has 1 fully saturated rings. The molecule has 1 aromatic heterocycles. The maximum Gasteiger partial charge on any atom is 0.124 e. The molecule has 1 aliphatic heterocycles. The highest BCUT2D eigenvalue weighted by molar-refractivity contribution is 6.30. The molecule has 1 atom stereocenters. The maximum absolute atomic E-state index is 6.06. The number of benzene rings is 2. The van der Waals surface area contributed by atoms with Gasteiger partial charge in [0.05, 0.1) is 17.6 Å². The molecule has 0 radical (unpaired) electrons. The molecule has 0 saturated carbocycles. The van der Waals surface area contributed by atoms with Gasteiger partial charge in [-0.05, 0) is 81.1 Å². The highest BCUT2D eigenvalue weighted by Gasteiger charge is 2.23. The summed E-state index contributed by atoms with van der Waals surface area (Å²) in [6.07, 6.45) is 2.58. The fourth-order valence-corrected chi connectivity index (χ4v) is 4.03. The van der Waals surface area contributed by atoms with Gasteiger partial charge in [0.15, 0.2) is 0 Å². The van der Waals surface area contributed by atoms with Gasteiger partial charge < -0.3 is 4.57 Å². The summed E-state index contributed by atoms with van der Waals surface area (Å²) in [4.78, 5) is 7.58. The first kappa shape index (κ1) is 17.6. The van der Waals surface area contributed by atoms with Crippen molar-refractivity contribution < 1.29 is 0 Å². The standard InChI is InChI=1S/C22H26ClN3/c1-15-11-20-21(12-16(15)2)26(13-18-6-8-19(23)9-7-18)22(24-20)14-25-10-4-5-17(25)3/h6-9,11-12,17H,4-5,10,13-14H2,1-3H3. The normalized spacial score (nSPS) is 18.1. The lowest BCUT2D eigenvalue weighted by Gasteiger charge is -2.21. The minimum Gasteiger partial charge on any atom is -0.322 e. The quantitative estimate of drug-likeness (QED) is 0.620. The van der Waals surface area contributed by atoms with Crippen LogP contribution in [0.15, 0.2) is 36.4 Å². The van der Waals surface area contributed by atoms with Crippen molar-refractivity contribution in [3.05, 3.63) is 63.9 Å². The molecule has 2 aromatic carbocycles. The summed E-state index contributed by atoms with van der Waals surface area (Å²) in [5, 5.41) is 0.779. The van der Waals surface area contributed by atoms with E-state index in [0.717, 1.165) is 29.5 Å². The van der Waals surface area contributed by atoms with Crippen molar-refractivity contribution in [2.45, 2.75) is 52.7 Å². The van der Waals surface area contributed by atoms with E-state index in [2.05, 4.69) is 54.5 Å². The molecule has 0 aliphatic carbocycles. The number of halogens is 1. The summed E-state index contributed by atoms with van der Waals surface area (Å²) in [6, 6.07) is 13.3. The van der Waals surface area contributed by atoms with Crippen LogP contribution in [0.5, 0.6) is 0 Å². The molecule has 4 heteroatoms. The van der Waals surface area contributed by atoms with E-state index in [1.807, 2.05) is 12.1 Å². The number of aromatic nitrogens is 2. The van der Waals surface area contributed by atoms with Crippen LogP contribution in [-0.2, 0) is 13.1 Å². The molecule has 136 valence electrons. The molecule has 1 aliphatic rings. The van der Waals surface area contributed by atoms with E-state index in [0.29, 0.717) is 6.04 Å². The van der Waals surface area contributed by atoms with Crippen LogP contribution in [0.25, 0.3) is 11.0 Å². The highest BCUT2D eigenvalue weighted by Crippen LogP contribution is 2.25. The largest absolute Gasteiger partial charge is 0.322 e. The number of nitrogens with zero attached hydrogens (tertiary/aromatic N) is 3. The van der Waals surface area contributed by atoms with Gasteiger partial charge in [0.2, 0.25) is 0 Å². The number of imidazole rings is 1. The van der Waals surface area contributed by atoms with Crippen LogP contribution in [0.1, 0.15) is 42.3 Å². The van der Waals surface area contributed by atoms with Crippen molar-refractivity contribution in [1.29, 1.82) is 0 Å². The van der Waals surface area contributed by atoms with Crippen molar-refractivity contribution >= 4 is 22.6 Å². The molecule has 4 rings (SSSR count). The van der Waals surface area contributed by atoms with Crippen molar-refractivity contribution in [2.75, 3.05) is 6.54 Å². The van der Waals surface area contributed by atoms with Gasteiger partial charge >= 0.3 is 0 Å². The molecule has 0 spiro atoms. The SMILES string of the molecule is Cc1cc2nc(CN3CCCC3C)n(Cc3ccc(Cl)cc3)c2cc1C. The van der Waals surface area contributed by atoms with Crippen molar-refractivity contribution in [3.8, 4) is 0 Å². The Bertz CT molecular complexity index is 927. The Morgan fingerprint density at radius 1 is 1.08 bits per heavy atom. The zero-order chi connectivity index (χ0) is 18.3. The van der Waals surface area contributed by atoms with Gasteiger partial charge in [0, 0.05) is 17.6 Å². The topological polar surface area (TPSA) is 21.1 Å². The van der Waals surface area contributed by atoms with Crippen LogP contribution in [0, 0.1) is 13.8 Å². The summed E-state index contributed by atoms with van der Waals surface area (Å²) in [7, 11) is 0. The van der Waals surface area contributed by atoms with E-state index >= 15 is 0 Å². The monoisotopic (exact) mass is 367 g/mol. The van der Waals surface area contributed by atoms with Crippen molar-refractivity contribution in [1.82, 2.24) is 14.5 Å². The Morgan fingerprint density at radius 3 is 2.50 bits per heavy atom. The third-order valence-corrected chi connectivity index (χ3v) is 5.98. The Balaban J connectivity index is 1.76. The minimum atomic E-state index is 0.641. The number of fused-ring (bicyclic) bond motifs is 1. The smallest absolute Gasteiger partial charge is 0.124 e. The van der Waals surface area contributed by atoms with Gasteiger partial charge in [-0.15, -0.1) is 0 Å². The molecule has 3 aromatic rings. The van der Waals surface area contributed by atoms with E-state index in [1.54, 1.807) is 0 Å². The molecule has 3 nitrogen and oxygen atoms in total. The summed E-state index contributed by atoms with van der Waals surface area (Å²) in [5.74, 6) is 1.16. The van der Waals surface area contributed by atoms with Gasteiger partial charge in [-0.25, -0.2) is 4.98 Å². The fourth-order valence-electron chi connectivity index (χ4n) is 3.91. The second-order valence-corrected chi connectivity index (χ2v) is 8.06. The molecular weight excluding hydrogens is 342 g/mol. The van der Waals surface area contributed by atoms with E-state index in [1.165, 1.54) is 41.6 Å². The second kappa shape index (κ2) is 7.05. The lowest BCUT2D eigenvalue weighted by molar-refractivity contribution is 0.251. The fraction of sp³-hybridized carbons (Fsp3) is 0.409. The van der Waals surface area contributed by atoms with E-state index in [-0.39, 0.29) is 0 Å². The van der Waals surface area contributed by atoms with E-state index in [4.69, 9.17) is 16.6 Å². The van der Waals surface area contributed by atoms with Gasteiger partial charge in [-0.1, -0.05) is 23.7 Å². The Kier molecular flexibility index (Phi) is 4.76. The third kappa shape index (κ3) is 3.38. The summed E-state index contributed by atoms with van der Waals surface area (Å²) in [5.41, 5.74) is 6.20. The molecule has 2 heterocycles. The Hall–Kier alpha value is -1.84. The second-order valence-electron chi connectivity index (χ2n) is 7.63. The Morgan fingerprint density at radius 2 is 1.81 bits per heavy atom. The van der Waals surface area contributed by atoms with Gasteiger partial charge in [-0.2, -0.15) is 0 Å². The number of hydrogen-bond acceptors (Lipinski definition) is 2. The van der Waals surface area contributed by atoms with Gasteiger partial charge in [0.1, 0.15) is 5.82 Å². The molecule has 0 amide bonds. The molecular formula is C22H26ClN3. The van der Waals surface area contributed by atoms with Crippen LogP contribution >= 0.6 is 11.6 Å². The lowest BCUT2D eigenvalue weighted by atomic mass is 10.1. The van der Waals surface area contributed by atoms with Gasteiger partial charge in [0.25, 0.3) is 0 Å². The zero-order valence-corrected chi connectivity index (χ0v) is 16.6. The first-order valence-electron chi connectivity index (χ1n) is 9.46. The number of likely N-dealkylation sites (tertiary alicyclic amines) is 1. The molecule has 1 saturated heterocycles. The highest BCUT2D eigenvalue weighted by atomic mass is 35.5. The summed E-state index contributed by atoms with van der Waals surface area (Å²) in [6.45, 7) is 9.58. The molecule has 0 N–H and O–H groups in total. The van der Waals surface area contributed by atoms with Crippen LogP contribution in [-0.4, -0.2) is 27.0 Å². The maximum atomic E-state index is 6.06. The predicted molar refractivity (Wildman–Crippen MR) is 109 cm³/mol. The van der Waals surface area contributed by atoms with Crippen LogP contribution in [0.3, 0.4) is 0 Å². The molecule has 0 bridgehead atoms. The predicted octanol–water partition coefficient (Wildman–Crippen LogP) is 5.34. The summed E-state index contributed by atoms with van der Waals surface area (Å²) < 4.78 is 2.38. The average molecular weight is 368 g/mol. The van der Waals surface area contributed by atoms with E-state index < -0.39 is 0 Å².